The van der Waals surface area contributed by atoms with E-state index in [0.717, 1.165) is 6.07 Å². The Morgan fingerprint density at radius 1 is 1.16 bits per heavy atom. The topological polar surface area (TPSA) is 9.23 Å². The molecule has 0 atom stereocenters. The zero-order valence-corrected chi connectivity index (χ0v) is 11.6. The molecular weight excluding hydrogens is 284 g/mol. The molecule has 0 fully saturated rings. The molecule has 1 aromatic carbocycles. The quantitative estimate of drug-likeness (QED) is 0.687. The normalized spacial score (nSPS) is 12.6. The van der Waals surface area contributed by atoms with Gasteiger partial charge in [-0.1, -0.05) is 32.4 Å². The lowest BCUT2D eigenvalue weighted by molar-refractivity contribution is -0.140. The van der Waals surface area contributed by atoms with E-state index in [2.05, 4.69) is 0 Å². The summed E-state index contributed by atoms with van der Waals surface area (Å²) < 4.78 is 56.2. The number of ether oxygens (including phenoxy) is 1. The summed E-state index contributed by atoms with van der Waals surface area (Å²) in [6.45, 7) is 6.14. The van der Waals surface area contributed by atoms with Crippen molar-refractivity contribution in [1.82, 2.24) is 0 Å². The smallest absolute Gasteiger partial charge is 0.420 e. The molecule has 1 rings (SSSR count). The Kier molecular flexibility index (Phi) is 4.72. The fourth-order valence-corrected chi connectivity index (χ4v) is 1.69. The summed E-state index contributed by atoms with van der Waals surface area (Å²) in [5.74, 6) is -1.56. The first-order chi connectivity index (χ1) is 8.52. The van der Waals surface area contributed by atoms with Crippen LogP contribution < -0.4 is 4.74 Å². The monoisotopic (exact) mass is 298 g/mol. The molecule has 0 spiro atoms. The average Bonchev–Trinajstić information content (AvgIpc) is 2.17. The van der Waals surface area contributed by atoms with Gasteiger partial charge in [0, 0.05) is 0 Å². The molecule has 0 aliphatic heterocycles. The molecule has 0 N–H and O–H groups in total. The predicted molar refractivity (Wildman–Crippen MR) is 66.0 cm³/mol. The number of halogens is 5. The van der Waals surface area contributed by atoms with Crippen molar-refractivity contribution in [3.8, 4) is 5.75 Å². The molecule has 0 aliphatic rings. The first kappa shape index (κ1) is 16.1. The Morgan fingerprint density at radius 3 is 2.21 bits per heavy atom. The minimum atomic E-state index is -4.84. The van der Waals surface area contributed by atoms with E-state index >= 15 is 0 Å². The van der Waals surface area contributed by atoms with Gasteiger partial charge in [0.1, 0.15) is 17.1 Å². The van der Waals surface area contributed by atoms with Crippen molar-refractivity contribution in [2.45, 2.75) is 33.4 Å². The summed E-state index contributed by atoms with van der Waals surface area (Å²) in [6.07, 6.45) is -4.20. The fourth-order valence-electron chi connectivity index (χ4n) is 1.37. The lowest BCUT2D eigenvalue weighted by Crippen LogP contribution is -2.13. The molecule has 0 radical (unpaired) electrons. The number of hydrogen-bond acceptors (Lipinski definition) is 1. The minimum Gasteiger partial charge on any atom is -0.492 e. The SMILES string of the molecule is CC(C)(C)CCOc1ccc(F)c(C(F)(F)F)c1Cl. The van der Waals surface area contributed by atoms with E-state index in [1.54, 1.807) is 0 Å². The molecule has 0 saturated carbocycles. The maximum atomic E-state index is 13.2. The molecule has 0 heterocycles. The van der Waals surface area contributed by atoms with Crippen molar-refractivity contribution in [3.63, 3.8) is 0 Å². The van der Waals surface area contributed by atoms with Crippen LogP contribution >= 0.6 is 11.6 Å². The molecule has 108 valence electrons. The van der Waals surface area contributed by atoms with Gasteiger partial charge in [-0.15, -0.1) is 0 Å². The first-order valence-electron chi connectivity index (χ1n) is 5.70. The van der Waals surface area contributed by atoms with E-state index in [0.29, 0.717) is 12.5 Å². The van der Waals surface area contributed by atoms with Crippen molar-refractivity contribution in [2.75, 3.05) is 6.61 Å². The summed E-state index contributed by atoms with van der Waals surface area (Å²) >= 11 is 5.56. The highest BCUT2D eigenvalue weighted by Crippen LogP contribution is 2.41. The van der Waals surface area contributed by atoms with E-state index in [9.17, 15) is 17.6 Å². The number of alkyl halides is 3. The molecule has 0 bridgehead atoms. The van der Waals surface area contributed by atoms with Crippen LogP contribution in [0.15, 0.2) is 12.1 Å². The highest BCUT2D eigenvalue weighted by Gasteiger charge is 2.38. The van der Waals surface area contributed by atoms with Crippen LogP contribution in [0.5, 0.6) is 5.75 Å². The molecular formula is C13H15ClF4O. The molecule has 1 nitrogen and oxygen atoms in total. The zero-order valence-electron chi connectivity index (χ0n) is 10.9. The van der Waals surface area contributed by atoms with E-state index < -0.39 is 22.6 Å². The number of benzene rings is 1. The molecule has 0 saturated heterocycles. The second kappa shape index (κ2) is 5.57. The highest BCUT2D eigenvalue weighted by atomic mass is 35.5. The van der Waals surface area contributed by atoms with Gasteiger partial charge in [-0.3, -0.25) is 0 Å². The van der Waals surface area contributed by atoms with Crippen molar-refractivity contribution < 1.29 is 22.3 Å². The minimum absolute atomic E-state index is 0.0145. The summed E-state index contributed by atoms with van der Waals surface area (Å²) in [7, 11) is 0. The van der Waals surface area contributed by atoms with E-state index in [-0.39, 0.29) is 17.8 Å². The third-order valence-corrected chi connectivity index (χ3v) is 2.82. The summed E-state index contributed by atoms with van der Waals surface area (Å²) in [4.78, 5) is 0. The van der Waals surface area contributed by atoms with E-state index in [1.807, 2.05) is 20.8 Å². The van der Waals surface area contributed by atoms with Gasteiger partial charge in [0.05, 0.1) is 11.6 Å². The summed E-state index contributed by atoms with van der Waals surface area (Å²) in [5, 5.41) is -0.735. The van der Waals surface area contributed by atoms with E-state index in [1.165, 1.54) is 0 Å². The first-order valence-corrected chi connectivity index (χ1v) is 6.08. The van der Waals surface area contributed by atoms with Crippen LogP contribution in [0, 0.1) is 11.2 Å². The third kappa shape index (κ3) is 4.56. The fraction of sp³-hybridized carbons (Fsp3) is 0.538. The van der Waals surface area contributed by atoms with Gasteiger partial charge in [0.2, 0.25) is 0 Å². The van der Waals surface area contributed by atoms with Gasteiger partial charge in [-0.25, -0.2) is 4.39 Å². The Balaban J connectivity index is 2.93. The van der Waals surface area contributed by atoms with E-state index in [4.69, 9.17) is 16.3 Å². The van der Waals surface area contributed by atoms with Gasteiger partial charge in [0.15, 0.2) is 0 Å². The van der Waals surface area contributed by atoms with Gasteiger partial charge < -0.3 is 4.74 Å². The largest absolute Gasteiger partial charge is 0.492 e. The zero-order chi connectivity index (χ0) is 14.8. The second-order valence-corrected chi connectivity index (χ2v) is 5.77. The summed E-state index contributed by atoms with van der Waals surface area (Å²) in [6, 6.07) is 1.82. The predicted octanol–water partition coefficient (Wildman–Crippen LogP) is 5.31. The van der Waals surface area contributed by atoms with Gasteiger partial charge in [0.25, 0.3) is 0 Å². The lowest BCUT2D eigenvalue weighted by Gasteiger charge is -2.19. The molecule has 0 aliphatic carbocycles. The van der Waals surface area contributed by atoms with Crippen molar-refractivity contribution in [3.05, 3.63) is 28.5 Å². The van der Waals surface area contributed by atoms with Crippen molar-refractivity contribution in [1.29, 1.82) is 0 Å². The maximum absolute atomic E-state index is 13.2. The van der Waals surface area contributed by atoms with Crippen LogP contribution in [0.4, 0.5) is 17.6 Å². The average molecular weight is 299 g/mol. The maximum Gasteiger partial charge on any atom is 0.420 e. The molecule has 0 aromatic heterocycles. The van der Waals surface area contributed by atoms with Gasteiger partial charge >= 0.3 is 6.18 Å². The van der Waals surface area contributed by atoms with Crippen molar-refractivity contribution in [2.24, 2.45) is 5.41 Å². The Labute approximate surface area is 114 Å². The van der Waals surface area contributed by atoms with Crippen LogP contribution in [-0.4, -0.2) is 6.61 Å². The summed E-state index contributed by atoms with van der Waals surface area (Å²) in [5.41, 5.74) is -1.50. The second-order valence-electron chi connectivity index (χ2n) is 5.39. The number of rotatable bonds is 3. The van der Waals surface area contributed by atoms with Crippen molar-refractivity contribution >= 4 is 11.6 Å². The Bertz CT molecular complexity index is 449. The van der Waals surface area contributed by atoms with Crippen LogP contribution in [0.25, 0.3) is 0 Å². The van der Waals surface area contributed by atoms with Gasteiger partial charge in [-0.2, -0.15) is 13.2 Å². The van der Waals surface area contributed by atoms with Gasteiger partial charge in [-0.05, 0) is 24.0 Å². The molecule has 6 heteroatoms. The van der Waals surface area contributed by atoms with Crippen LogP contribution in [0.1, 0.15) is 32.8 Å². The standard InChI is InChI=1S/C13H15ClF4O/c1-12(2,3)6-7-19-9-5-4-8(15)10(11(9)14)13(16,17)18/h4-5H,6-7H2,1-3H3. The molecule has 0 unspecified atom stereocenters. The molecule has 19 heavy (non-hydrogen) atoms. The third-order valence-electron chi connectivity index (χ3n) is 2.45. The molecule has 0 amide bonds. The van der Waals surface area contributed by atoms with Crippen LogP contribution in [0.3, 0.4) is 0 Å². The molecule has 1 aromatic rings. The lowest BCUT2D eigenvalue weighted by atomic mass is 9.93. The highest BCUT2D eigenvalue weighted by molar-refractivity contribution is 6.32. The number of hydrogen-bond donors (Lipinski definition) is 0. The van der Waals surface area contributed by atoms with Crippen LogP contribution in [-0.2, 0) is 6.18 Å². The Hall–Kier alpha value is -0.970. The van der Waals surface area contributed by atoms with Crippen LogP contribution in [0.2, 0.25) is 5.02 Å². The Morgan fingerprint density at radius 2 is 1.74 bits per heavy atom.